The maximum absolute atomic E-state index is 10.8. The molecule has 19 heavy (non-hydrogen) atoms. The Labute approximate surface area is 110 Å². The molecule has 0 aliphatic carbocycles. The van der Waals surface area contributed by atoms with Crippen molar-refractivity contribution in [3.8, 4) is 0 Å². The van der Waals surface area contributed by atoms with Crippen LogP contribution in [0.5, 0.6) is 0 Å². The number of hydrogen-bond acceptors (Lipinski definition) is 4. The van der Waals surface area contributed by atoms with Gasteiger partial charge in [0.1, 0.15) is 5.76 Å². The second kappa shape index (κ2) is 4.85. The van der Waals surface area contributed by atoms with E-state index in [1.54, 1.807) is 0 Å². The van der Waals surface area contributed by atoms with Crippen molar-refractivity contribution in [1.82, 2.24) is 9.88 Å². The van der Waals surface area contributed by atoms with Gasteiger partial charge in [-0.1, -0.05) is 30.3 Å². The molecule has 3 rings (SSSR count). The first-order valence-electron chi connectivity index (χ1n) is 6.20. The molecular weight excluding hydrogens is 244 g/mol. The third-order valence-electron chi connectivity index (χ3n) is 3.24. The van der Waals surface area contributed by atoms with Crippen molar-refractivity contribution < 1.29 is 14.3 Å². The predicted octanol–water partition coefficient (Wildman–Crippen LogP) is 1.93. The standard InChI is InChI=1S/C14H14N2O3/c17-14(18)13-15-11-9-16(7-6-12(11)19-13)8-10-4-2-1-3-5-10/h1-5H,6-9H2,(H,17,18). The number of hydrogen-bond donors (Lipinski definition) is 1. The Morgan fingerprint density at radius 1 is 1.37 bits per heavy atom. The maximum Gasteiger partial charge on any atom is 0.392 e. The average Bonchev–Trinajstić information content (AvgIpc) is 2.83. The maximum atomic E-state index is 10.8. The first kappa shape index (κ1) is 11.9. The van der Waals surface area contributed by atoms with E-state index in [-0.39, 0.29) is 5.89 Å². The Morgan fingerprint density at radius 3 is 2.89 bits per heavy atom. The number of carboxylic acid groups (broad SMARTS) is 1. The molecule has 0 bridgehead atoms. The molecule has 0 amide bonds. The van der Waals surface area contributed by atoms with Crippen LogP contribution in [0.4, 0.5) is 0 Å². The lowest BCUT2D eigenvalue weighted by Crippen LogP contribution is -2.29. The predicted molar refractivity (Wildman–Crippen MR) is 67.7 cm³/mol. The first-order valence-corrected chi connectivity index (χ1v) is 6.20. The van der Waals surface area contributed by atoms with Gasteiger partial charge in [0.25, 0.3) is 0 Å². The van der Waals surface area contributed by atoms with Crippen molar-refractivity contribution in [2.45, 2.75) is 19.5 Å². The summed E-state index contributed by atoms with van der Waals surface area (Å²) in [7, 11) is 0. The molecule has 1 aromatic heterocycles. The molecule has 0 atom stereocenters. The highest BCUT2D eigenvalue weighted by Gasteiger charge is 2.24. The van der Waals surface area contributed by atoms with E-state index in [0.29, 0.717) is 18.7 Å². The minimum absolute atomic E-state index is 0.202. The molecule has 5 heteroatoms. The zero-order chi connectivity index (χ0) is 13.2. The molecule has 2 heterocycles. The van der Waals surface area contributed by atoms with E-state index in [1.165, 1.54) is 5.56 Å². The Balaban J connectivity index is 1.73. The molecule has 0 radical (unpaired) electrons. The third-order valence-corrected chi connectivity index (χ3v) is 3.24. The van der Waals surface area contributed by atoms with E-state index in [4.69, 9.17) is 9.52 Å². The van der Waals surface area contributed by atoms with Gasteiger partial charge in [0, 0.05) is 26.1 Å². The first-order chi connectivity index (χ1) is 9.22. The van der Waals surface area contributed by atoms with Crippen LogP contribution in [0.15, 0.2) is 34.7 Å². The highest BCUT2D eigenvalue weighted by Crippen LogP contribution is 2.21. The van der Waals surface area contributed by atoms with Crippen molar-refractivity contribution in [3.63, 3.8) is 0 Å². The fourth-order valence-electron chi connectivity index (χ4n) is 2.32. The molecule has 1 aromatic carbocycles. The van der Waals surface area contributed by atoms with Gasteiger partial charge in [-0.2, -0.15) is 0 Å². The zero-order valence-corrected chi connectivity index (χ0v) is 10.4. The van der Waals surface area contributed by atoms with E-state index < -0.39 is 5.97 Å². The van der Waals surface area contributed by atoms with Gasteiger partial charge in [0.2, 0.25) is 0 Å². The van der Waals surface area contributed by atoms with Crippen LogP contribution in [0.2, 0.25) is 0 Å². The fourth-order valence-corrected chi connectivity index (χ4v) is 2.32. The molecule has 1 N–H and O–H groups in total. The van der Waals surface area contributed by atoms with E-state index in [1.807, 2.05) is 18.2 Å². The summed E-state index contributed by atoms with van der Waals surface area (Å²) in [6.45, 7) is 2.34. The van der Waals surface area contributed by atoms with Gasteiger partial charge in [-0.15, -0.1) is 0 Å². The molecule has 2 aromatic rings. The molecule has 0 saturated heterocycles. The van der Waals surface area contributed by atoms with Crippen molar-refractivity contribution in [2.75, 3.05) is 6.54 Å². The average molecular weight is 258 g/mol. The topological polar surface area (TPSA) is 66.6 Å². The molecule has 0 unspecified atom stereocenters. The van der Waals surface area contributed by atoms with Crippen molar-refractivity contribution >= 4 is 5.97 Å². The third kappa shape index (κ3) is 2.51. The highest BCUT2D eigenvalue weighted by molar-refractivity contribution is 5.82. The minimum atomic E-state index is -1.11. The lowest BCUT2D eigenvalue weighted by Gasteiger charge is -2.24. The molecule has 1 aliphatic heterocycles. The van der Waals surface area contributed by atoms with E-state index >= 15 is 0 Å². The lowest BCUT2D eigenvalue weighted by molar-refractivity contribution is 0.0651. The smallest absolute Gasteiger partial charge is 0.392 e. The van der Waals surface area contributed by atoms with Crippen LogP contribution in [-0.4, -0.2) is 27.5 Å². The summed E-state index contributed by atoms with van der Waals surface area (Å²) in [6.07, 6.45) is 0.711. The van der Waals surface area contributed by atoms with Crippen molar-refractivity contribution in [3.05, 3.63) is 53.2 Å². The van der Waals surface area contributed by atoms with Crippen LogP contribution in [0.1, 0.15) is 27.7 Å². The molecule has 5 nitrogen and oxygen atoms in total. The number of benzene rings is 1. The van der Waals surface area contributed by atoms with Crippen molar-refractivity contribution in [1.29, 1.82) is 0 Å². The summed E-state index contributed by atoms with van der Waals surface area (Å²) in [4.78, 5) is 17.1. The van der Waals surface area contributed by atoms with Gasteiger partial charge in [0.15, 0.2) is 0 Å². The van der Waals surface area contributed by atoms with Gasteiger partial charge in [-0.25, -0.2) is 9.78 Å². The second-order valence-electron chi connectivity index (χ2n) is 4.64. The number of fused-ring (bicyclic) bond motifs is 1. The summed E-state index contributed by atoms with van der Waals surface area (Å²) in [5.74, 6) is -0.600. The zero-order valence-electron chi connectivity index (χ0n) is 10.4. The number of carbonyl (C=O) groups is 1. The number of carboxylic acids is 1. The number of aromatic carboxylic acids is 1. The Kier molecular flexibility index (Phi) is 3.05. The fraction of sp³-hybridized carbons (Fsp3) is 0.286. The Morgan fingerprint density at radius 2 is 2.16 bits per heavy atom. The second-order valence-corrected chi connectivity index (χ2v) is 4.64. The number of rotatable bonds is 3. The van der Waals surface area contributed by atoms with Gasteiger partial charge in [-0.3, -0.25) is 4.90 Å². The van der Waals surface area contributed by atoms with Gasteiger partial charge >= 0.3 is 11.9 Å². The van der Waals surface area contributed by atoms with Gasteiger partial charge < -0.3 is 9.52 Å². The minimum Gasteiger partial charge on any atom is -0.474 e. The van der Waals surface area contributed by atoms with Crippen molar-refractivity contribution in [2.24, 2.45) is 0 Å². The Bertz CT molecular complexity index is 592. The highest BCUT2D eigenvalue weighted by atomic mass is 16.4. The molecule has 1 aliphatic rings. The summed E-state index contributed by atoms with van der Waals surface area (Å²) >= 11 is 0. The summed E-state index contributed by atoms with van der Waals surface area (Å²) in [5.41, 5.74) is 1.99. The molecule has 0 spiro atoms. The van der Waals surface area contributed by atoms with Crippen LogP contribution in [0.3, 0.4) is 0 Å². The van der Waals surface area contributed by atoms with Gasteiger partial charge in [-0.05, 0) is 5.56 Å². The van der Waals surface area contributed by atoms with E-state index in [2.05, 4.69) is 22.0 Å². The lowest BCUT2D eigenvalue weighted by atomic mass is 10.1. The largest absolute Gasteiger partial charge is 0.474 e. The molecule has 98 valence electrons. The van der Waals surface area contributed by atoms with E-state index in [0.717, 1.165) is 18.8 Å². The summed E-state index contributed by atoms with van der Waals surface area (Å²) < 4.78 is 5.23. The number of aromatic nitrogens is 1. The normalized spacial score (nSPS) is 15.2. The quantitative estimate of drug-likeness (QED) is 0.911. The number of oxazole rings is 1. The van der Waals surface area contributed by atoms with E-state index in [9.17, 15) is 4.79 Å². The van der Waals surface area contributed by atoms with Gasteiger partial charge in [0.05, 0.1) is 5.69 Å². The Hall–Kier alpha value is -2.14. The monoisotopic (exact) mass is 258 g/mol. The van der Waals surface area contributed by atoms with Crippen LogP contribution in [0.25, 0.3) is 0 Å². The summed E-state index contributed by atoms with van der Waals surface area (Å²) in [6, 6.07) is 10.2. The summed E-state index contributed by atoms with van der Waals surface area (Å²) in [5, 5.41) is 8.87. The molecular formula is C14H14N2O3. The van der Waals surface area contributed by atoms with Crippen LogP contribution in [-0.2, 0) is 19.5 Å². The molecule has 0 saturated carbocycles. The SMILES string of the molecule is O=C(O)c1nc2c(o1)CCN(Cc1ccccc1)C2. The van der Waals surface area contributed by atoms with Crippen LogP contribution < -0.4 is 0 Å². The van der Waals surface area contributed by atoms with Crippen LogP contribution >= 0.6 is 0 Å². The molecule has 0 fully saturated rings. The number of nitrogens with zero attached hydrogens (tertiary/aromatic N) is 2. The van der Waals surface area contributed by atoms with Crippen LogP contribution in [0, 0.1) is 0 Å².